The zero-order valence-corrected chi connectivity index (χ0v) is 12.6. The summed E-state index contributed by atoms with van der Waals surface area (Å²) in [6, 6.07) is 0. The van der Waals surface area contributed by atoms with Crippen LogP contribution in [-0.4, -0.2) is 19.3 Å². The van der Waals surface area contributed by atoms with Gasteiger partial charge < -0.3 is 0 Å². The molecule has 0 rings (SSSR count). The van der Waals surface area contributed by atoms with Gasteiger partial charge in [-0.3, -0.25) is 10.9 Å². The first kappa shape index (κ1) is 17.6. The Morgan fingerprint density at radius 1 is 1.28 bits per heavy atom. The number of hydrogen-bond donors (Lipinski definition) is 2. The van der Waals surface area contributed by atoms with Crippen LogP contribution in [0.25, 0.3) is 0 Å². The second-order valence-corrected chi connectivity index (χ2v) is 5.21. The fraction of sp³-hybridized carbons (Fsp3) is 0.867. The number of halogens is 1. The highest BCUT2D eigenvalue weighted by atomic mass is 19.1. The van der Waals surface area contributed by atoms with E-state index < -0.39 is 6.17 Å². The molecule has 2 unspecified atom stereocenters. The highest BCUT2D eigenvalue weighted by Crippen LogP contribution is 2.13. The van der Waals surface area contributed by atoms with E-state index in [4.69, 9.17) is 0 Å². The molecule has 0 aliphatic heterocycles. The van der Waals surface area contributed by atoms with Crippen LogP contribution in [0.1, 0.15) is 59.8 Å². The van der Waals surface area contributed by atoms with E-state index in [2.05, 4.69) is 37.7 Å². The van der Waals surface area contributed by atoms with Crippen LogP contribution in [0, 0.1) is 5.92 Å². The molecule has 0 radical (unpaired) electrons. The van der Waals surface area contributed by atoms with Gasteiger partial charge in [0.2, 0.25) is 0 Å². The molecule has 0 bridgehead atoms. The molecule has 2 nitrogen and oxygen atoms in total. The Bertz CT molecular complexity index is 217. The minimum Gasteiger partial charge on any atom is -0.258 e. The molecule has 0 aromatic carbocycles. The Hall–Kier alpha value is -0.410. The molecule has 0 spiro atoms. The third-order valence-corrected chi connectivity index (χ3v) is 3.08. The van der Waals surface area contributed by atoms with Crippen molar-refractivity contribution >= 4 is 0 Å². The van der Waals surface area contributed by atoms with E-state index >= 15 is 0 Å². The van der Waals surface area contributed by atoms with Crippen LogP contribution in [0.5, 0.6) is 0 Å². The van der Waals surface area contributed by atoms with E-state index in [1.165, 1.54) is 5.57 Å². The highest BCUT2D eigenvalue weighted by Gasteiger charge is 2.03. The van der Waals surface area contributed by atoms with Gasteiger partial charge >= 0.3 is 0 Å². The van der Waals surface area contributed by atoms with E-state index in [-0.39, 0.29) is 0 Å². The van der Waals surface area contributed by atoms with Gasteiger partial charge in [0.15, 0.2) is 0 Å². The topological polar surface area (TPSA) is 24.1 Å². The Morgan fingerprint density at radius 3 is 2.61 bits per heavy atom. The lowest BCUT2D eigenvalue weighted by molar-refractivity contribution is 0.300. The molecule has 0 fully saturated rings. The molecule has 0 amide bonds. The third-order valence-electron chi connectivity index (χ3n) is 3.08. The molecular formula is C15H31FN2. The van der Waals surface area contributed by atoms with Gasteiger partial charge in [0, 0.05) is 13.1 Å². The molecule has 0 saturated carbocycles. The summed E-state index contributed by atoms with van der Waals surface area (Å²) in [5, 5.41) is 0. The second-order valence-electron chi connectivity index (χ2n) is 5.21. The van der Waals surface area contributed by atoms with Crippen molar-refractivity contribution in [2.45, 2.75) is 66.0 Å². The summed E-state index contributed by atoms with van der Waals surface area (Å²) < 4.78 is 13.0. The fourth-order valence-corrected chi connectivity index (χ4v) is 1.97. The average molecular weight is 258 g/mol. The molecule has 108 valence electrons. The van der Waals surface area contributed by atoms with Crippen LogP contribution in [0.2, 0.25) is 0 Å². The number of unbranched alkanes of at least 4 members (excludes halogenated alkanes) is 1. The maximum atomic E-state index is 13.0. The lowest BCUT2D eigenvalue weighted by atomic mass is 10.0. The van der Waals surface area contributed by atoms with Crippen LogP contribution in [0.3, 0.4) is 0 Å². The quantitative estimate of drug-likeness (QED) is 0.333. The van der Waals surface area contributed by atoms with Gasteiger partial charge in [-0.15, -0.1) is 0 Å². The van der Waals surface area contributed by atoms with Gasteiger partial charge in [-0.1, -0.05) is 32.4 Å². The van der Waals surface area contributed by atoms with Gasteiger partial charge in [-0.25, -0.2) is 4.39 Å². The van der Waals surface area contributed by atoms with E-state index in [9.17, 15) is 4.39 Å². The summed E-state index contributed by atoms with van der Waals surface area (Å²) in [5.41, 5.74) is 7.74. The number of hydrogen-bond acceptors (Lipinski definition) is 2. The Labute approximate surface area is 112 Å². The minimum absolute atomic E-state index is 0.609. The standard InChI is InChI=1S/C15H31FN2/c1-5-15(16)10-8-7-9-13(3)11-14(4)12-18-17-6-2/h9,14-15,17-18H,5-8,10-12H2,1-4H3/b13-9+. The first-order chi connectivity index (χ1) is 8.60. The van der Waals surface area contributed by atoms with Gasteiger partial charge in [0.1, 0.15) is 0 Å². The largest absolute Gasteiger partial charge is 0.258 e. The van der Waals surface area contributed by atoms with Crippen molar-refractivity contribution in [3.05, 3.63) is 11.6 Å². The number of allylic oxidation sites excluding steroid dienone is 2. The lowest BCUT2D eigenvalue weighted by Crippen LogP contribution is -2.34. The highest BCUT2D eigenvalue weighted by molar-refractivity contribution is 4.99. The van der Waals surface area contributed by atoms with Crippen LogP contribution in [0.4, 0.5) is 4.39 Å². The van der Waals surface area contributed by atoms with Gasteiger partial charge in [0.25, 0.3) is 0 Å². The monoisotopic (exact) mass is 258 g/mol. The molecule has 0 aromatic heterocycles. The van der Waals surface area contributed by atoms with E-state index in [0.717, 1.165) is 32.4 Å². The zero-order valence-electron chi connectivity index (χ0n) is 12.6. The summed E-state index contributed by atoms with van der Waals surface area (Å²) in [6.45, 7) is 10.3. The summed E-state index contributed by atoms with van der Waals surface area (Å²) >= 11 is 0. The predicted octanol–water partition coefficient (Wildman–Crippen LogP) is 3.99. The SMILES string of the molecule is CCNNCC(C)C/C(C)=C/CCCC(F)CC. The van der Waals surface area contributed by atoms with Crippen molar-refractivity contribution in [2.75, 3.05) is 13.1 Å². The van der Waals surface area contributed by atoms with Crippen molar-refractivity contribution in [2.24, 2.45) is 5.92 Å². The van der Waals surface area contributed by atoms with Crippen LogP contribution < -0.4 is 10.9 Å². The molecule has 0 heterocycles. The fourth-order valence-electron chi connectivity index (χ4n) is 1.97. The minimum atomic E-state index is -0.609. The summed E-state index contributed by atoms with van der Waals surface area (Å²) in [6.07, 6.45) is 6.11. The second kappa shape index (κ2) is 11.7. The van der Waals surface area contributed by atoms with Crippen molar-refractivity contribution in [1.29, 1.82) is 0 Å². The number of rotatable bonds is 11. The first-order valence-corrected chi connectivity index (χ1v) is 7.35. The number of hydrazine groups is 1. The molecule has 2 N–H and O–H groups in total. The normalized spacial score (nSPS) is 15.7. The van der Waals surface area contributed by atoms with E-state index in [0.29, 0.717) is 18.8 Å². The first-order valence-electron chi connectivity index (χ1n) is 7.35. The Balaban J connectivity index is 3.63. The molecule has 0 aliphatic carbocycles. The molecular weight excluding hydrogens is 227 g/mol. The summed E-state index contributed by atoms with van der Waals surface area (Å²) in [4.78, 5) is 0. The summed E-state index contributed by atoms with van der Waals surface area (Å²) in [5.74, 6) is 0.630. The number of alkyl halides is 1. The molecule has 0 aliphatic rings. The third kappa shape index (κ3) is 10.7. The zero-order chi connectivity index (χ0) is 13.8. The van der Waals surface area contributed by atoms with E-state index in [1.54, 1.807) is 0 Å². The Morgan fingerprint density at radius 2 is 2.00 bits per heavy atom. The molecule has 0 saturated heterocycles. The summed E-state index contributed by atoms with van der Waals surface area (Å²) in [7, 11) is 0. The molecule has 18 heavy (non-hydrogen) atoms. The molecule has 3 heteroatoms. The van der Waals surface area contributed by atoms with Crippen molar-refractivity contribution in [3.63, 3.8) is 0 Å². The smallest absolute Gasteiger partial charge is 0.0999 e. The van der Waals surface area contributed by atoms with Crippen LogP contribution >= 0.6 is 0 Å². The maximum absolute atomic E-state index is 13.0. The van der Waals surface area contributed by atoms with E-state index in [1.807, 2.05) is 6.92 Å². The van der Waals surface area contributed by atoms with Gasteiger partial charge in [0.05, 0.1) is 6.17 Å². The predicted molar refractivity (Wildman–Crippen MR) is 78.3 cm³/mol. The maximum Gasteiger partial charge on any atom is 0.0999 e. The van der Waals surface area contributed by atoms with Gasteiger partial charge in [-0.2, -0.15) is 0 Å². The number of nitrogens with one attached hydrogen (secondary N) is 2. The molecule has 2 atom stereocenters. The molecule has 0 aromatic rings. The van der Waals surface area contributed by atoms with Crippen molar-refractivity contribution in [3.8, 4) is 0 Å². The van der Waals surface area contributed by atoms with Crippen molar-refractivity contribution in [1.82, 2.24) is 10.9 Å². The average Bonchev–Trinajstić information content (AvgIpc) is 2.34. The lowest BCUT2D eigenvalue weighted by Gasteiger charge is -2.13. The Kier molecular flexibility index (Phi) is 11.4. The van der Waals surface area contributed by atoms with Crippen molar-refractivity contribution < 1.29 is 4.39 Å². The van der Waals surface area contributed by atoms with Crippen LogP contribution in [-0.2, 0) is 0 Å². The van der Waals surface area contributed by atoms with Gasteiger partial charge in [-0.05, 0) is 44.9 Å². The van der Waals surface area contributed by atoms with Crippen LogP contribution in [0.15, 0.2) is 11.6 Å².